The van der Waals surface area contributed by atoms with Crippen LogP contribution in [0.4, 0.5) is 0 Å². The van der Waals surface area contributed by atoms with Gasteiger partial charge in [0.25, 0.3) is 0 Å². The molecule has 2 rings (SSSR count). The number of hydrogen-bond acceptors (Lipinski definition) is 3. The average molecular weight is 276 g/mol. The minimum atomic E-state index is -0.776. The van der Waals surface area contributed by atoms with Gasteiger partial charge >= 0.3 is 0 Å². The van der Waals surface area contributed by atoms with Crippen LogP contribution in [-0.4, -0.2) is 33.5 Å². The Balaban J connectivity index is 2.04. The maximum Gasteiger partial charge on any atom is 0.225 e. The summed E-state index contributed by atoms with van der Waals surface area (Å²) in [5, 5.41) is 10.4. The fourth-order valence-corrected chi connectivity index (χ4v) is 3.11. The highest BCUT2D eigenvalue weighted by atomic mass is 16.3. The van der Waals surface area contributed by atoms with Gasteiger partial charge in [-0.25, -0.2) is 0 Å². The van der Waals surface area contributed by atoms with Gasteiger partial charge < -0.3 is 10.0 Å². The van der Waals surface area contributed by atoms with Crippen LogP contribution >= 0.6 is 0 Å². The van der Waals surface area contributed by atoms with Crippen LogP contribution < -0.4 is 0 Å². The van der Waals surface area contributed by atoms with Crippen molar-refractivity contribution in [3.05, 3.63) is 30.1 Å². The number of aliphatic hydroxyl groups is 1. The summed E-state index contributed by atoms with van der Waals surface area (Å²) in [5.74, 6) is 0.0260. The third-order valence-corrected chi connectivity index (χ3v) is 4.35. The number of amides is 1. The predicted octanol–water partition coefficient (Wildman–Crippen LogP) is 2.69. The molecule has 0 radical (unpaired) electrons. The highest BCUT2D eigenvalue weighted by Gasteiger charge is 2.35. The Morgan fingerprint density at radius 1 is 1.40 bits per heavy atom. The maximum atomic E-state index is 12.4. The van der Waals surface area contributed by atoms with E-state index < -0.39 is 5.60 Å². The van der Waals surface area contributed by atoms with Crippen molar-refractivity contribution in [2.75, 3.05) is 7.05 Å². The van der Waals surface area contributed by atoms with E-state index in [1.165, 1.54) is 0 Å². The molecule has 110 valence electrons. The highest BCUT2D eigenvalue weighted by molar-refractivity contribution is 5.77. The quantitative estimate of drug-likeness (QED) is 0.899. The van der Waals surface area contributed by atoms with E-state index in [4.69, 9.17) is 0 Å². The van der Waals surface area contributed by atoms with Crippen LogP contribution in [0.5, 0.6) is 0 Å². The van der Waals surface area contributed by atoms with Crippen molar-refractivity contribution in [1.29, 1.82) is 0 Å². The molecule has 1 aliphatic rings. The summed E-state index contributed by atoms with van der Waals surface area (Å²) in [7, 11) is 1.83. The summed E-state index contributed by atoms with van der Waals surface area (Å²) in [6.45, 7) is 2.07. The second-order valence-electron chi connectivity index (χ2n) is 5.82. The van der Waals surface area contributed by atoms with Crippen molar-refractivity contribution in [2.24, 2.45) is 0 Å². The van der Waals surface area contributed by atoms with E-state index in [9.17, 15) is 9.90 Å². The first kappa shape index (κ1) is 15.0. The number of hydrogen-bond donors (Lipinski definition) is 1. The van der Waals surface area contributed by atoms with Crippen molar-refractivity contribution in [2.45, 2.75) is 57.1 Å². The first-order valence-electron chi connectivity index (χ1n) is 7.44. The van der Waals surface area contributed by atoms with E-state index in [1.807, 2.05) is 19.2 Å². The largest absolute Gasteiger partial charge is 0.389 e. The Morgan fingerprint density at radius 2 is 2.00 bits per heavy atom. The number of aromatic nitrogens is 1. The average Bonchev–Trinajstić information content (AvgIpc) is 2.87. The fourth-order valence-electron chi connectivity index (χ4n) is 3.11. The standard InChI is InChI=1S/C16H24N2O2/c1-3-14(13-6-10-17-11-7-13)18(2)15(19)12-16(20)8-4-5-9-16/h6-7,10-11,14,20H,3-5,8-9,12H2,1-2H3. The lowest BCUT2D eigenvalue weighted by molar-refractivity contribution is -0.137. The van der Waals surface area contributed by atoms with Crippen LogP contribution in [0.3, 0.4) is 0 Å². The molecule has 1 aromatic rings. The van der Waals surface area contributed by atoms with Crippen molar-refractivity contribution < 1.29 is 9.90 Å². The topological polar surface area (TPSA) is 53.4 Å². The summed E-state index contributed by atoms with van der Waals surface area (Å²) < 4.78 is 0. The molecule has 1 fully saturated rings. The van der Waals surface area contributed by atoms with Gasteiger partial charge in [-0.15, -0.1) is 0 Å². The monoisotopic (exact) mass is 276 g/mol. The van der Waals surface area contributed by atoms with Gasteiger partial charge in [0.1, 0.15) is 0 Å². The predicted molar refractivity (Wildman–Crippen MR) is 78.1 cm³/mol. The van der Waals surface area contributed by atoms with Crippen LogP contribution in [0, 0.1) is 0 Å². The van der Waals surface area contributed by atoms with E-state index >= 15 is 0 Å². The maximum absolute atomic E-state index is 12.4. The molecule has 1 heterocycles. The van der Waals surface area contributed by atoms with Gasteiger partial charge in [0, 0.05) is 19.4 Å². The fraction of sp³-hybridized carbons (Fsp3) is 0.625. The Kier molecular flexibility index (Phi) is 4.76. The molecule has 1 atom stereocenters. The summed E-state index contributed by atoms with van der Waals surface area (Å²) in [6, 6.07) is 3.94. The smallest absolute Gasteiger partial charge is 0.225 e. The van der Waals surface area contributed by atoms with E-state index in [0.717, 1.165) is 37.7 Å². The Labute approximate surface area is 120 Å². The summed E-state index contributed by atoms with van der Waals surface area (Å²) in [4.78, 5) is 18.2. The highest BCUT2D eigenvalue weighted by Crippen LogP contribution is 2.34. The van der Waals surface area contributed by atoms with Gasteiger partial charge in [0.15, 0.2) is 0 Å². The lowest BCUT2D eigenvalue weighted by Crippen LogP contribution is -2.37. The minimum absolute atomic E-state index is 0.0260. The summed E-state index contributed by atoms with van der Waals surface area (Å²) in [5.41, 5.74) is 0.318. The van der Waals surface area contributed by atoms with E-state index in [0.29, 0.717) is 0 Å². The van der Waals surface area contributed by atoms with Crippen molar-refractivity contribution in [3.8, 4) is 0 Å². The molecule has 1 aromatic heterocycles. The van der Waals surface area contributed by atoms with Gasteiger partial charge in [0.05, 0.1) is 18.1 Å². The second kappa shape index (κ2) is 6.35. The van der Waals surface area contributed by atoms with Gasteiger partial charge in [-0.1, -0.05) is 19.8 Å². The number of rotatable bonds is 5. The van der Waals surface area contributed by atoms with Gasteiger partial charge in [-0.3, -0.25) is 9.78 Å². The molecular formula is C16H24N2O2. The SMILES string of the molecule is CCC(c1ccncc1)N(C)C(=O)CC1(O)CCCC1. The van der Waals surface area contributed by atoms with E-state index in [-0.39, 0.29) is 18.4 Å². The molecule has 1 unspecified atom stereocenters. The second-order valence-corrected chi connectivity index (χ2v) is 5.82. The molecule has 1 N–H and O–H groups in total. The molecule has 1 saturated carbocycles. The van der Waals surface area contributed by atoms with Crippen LogP contribution in [0.2, 0.25) is 0 Å². The molecule has 0 saturated heterocycles. The van der Waals surface area contributed by atoms with Crippen molar-refractivity contribution in [3.63, 3.8) is 0 Å². The van der Waals surface area contributed by atoms with Crippen molar-refractivity contribution >= 4 is 5.91 Å². The first-order chi connectivity index (χ1) is 9.56. The Hall–Kier alpha value is -1.42. The van der Waals surface area contributed by atoms with E-state index in [1.54, 1.807) is 17.3 Å². The van der Waals surface area contributed by atoms with Gasteiger partial charge in [-0.05, 0) is 37.0 Å². The number of carbonyl (C=O) groups excluding carboxylic acids is 1. The minimum Gasteiger partial charge on any atom is -0.389 e. The molecule has 4 nitrogen and oxygen atoms in total. The molecule has 20 heavy (non-hydrogen) atoms. The number of carbonyl (C=O) groups is 1. The lowest BCUT2D eigenvalue weighted by Gasteiger charge is -2.31. The molecule has 0 bridgehead atoms. The molecule has 0 spiro atoms. The molecule has 0 aliphatic heterocycles. The summed E-state index contributed by atoms with van der Waals surface area (Å²) >= 11 is 0. The van der Waals surface area contributed by atoms with Crippen LogP contribution in [-0.2, 0) is 4.79 Å². The number of pyridine rings is 1. The Bertz CT molecular complexity index is 441. The molecule has 0 aromatic carbocycles. The van der Waals surface area contributed by atoms with Crippen LogP contribution in [0.1, 0.15) is 57.1 Å². The third-order valence-electron chi connectivity index (χ3n) is 4.35. The molecule has 4 heteroatoms. The summed E-state index contributed by atoms with van der Waals surface area (Å²) in [6.07, 6.45) is 8.14. The molecule has 1 amide bonds. The zero-order valence-electron chi connectivity index (χ0n) is 12.4. The van der Waals surface area contributed by atoms with Gasteiger partial charge in [-0.2, -0.15) is 0 Å². The molecule has 1 aliphatic carbocycles. The first-order valence-corrected chi connectivity index (χ1v) is 7.44. The number of nitrogens with zero attached hydrogens (tertiary/aromatic N) is 2. The van der Waals surface area contributed by atoms with Crippen molar-refractivity contribution in [1.82, 2.24) is 9.88 Å². The van der Waals surface area contributed by atoms with Crippen LogP contribution in [0.25, 0.3) is 0 Å². The van der Waals surface area contributed by atoms with Crippen LogP contribution in [0.15, 0.2) is 24.5 Å². The Morgan fingerprint density at radius 3 is 2.55 bits per heavy atom. The lowest BCUT2D eigenvalue weighted by atomic mass is 9.96. The van der Waals surface area contributed by atoms with E-state index in [2.05, 4.69) is 11.9 Å². The molecular weight excluding hydrogens is 252 g/mol. The zero-order valence-corrected chi connectivity index (χ0v) is 12.4. The normalized spacial score (nSPS) is 18.8. The van der Waals surface area contributed by atoms with Gasteiger partial charge in [0.2, 0.25) is 5.91 Å². The zero-order chi connectivity index (χ0) is 14.6. The third kappa shape index (κ3) is 3.37.